The molecule has 5 rings (SSSR count). The molecular weight excluding hydrogens is 405 g/mol. The van der Waals surface area contributed by atoms with Crippen molar-refractivity contribution in [3.05, 3.63) is 12.1 Å². The summed E-state index contributed by atoms with van der Waals surface area (Å²) in [6.07, 6.45) is 7.70. The van der Waals surface area contributed by atoms with E-state index in [-0.39, 0.29) is 47.5 Å². The average molecular weight is 435 g/mol. The molecular formula is C22H30FN3O5. The summed E-state index contributed by atoms with van der Waals surface area (Å²) < 4.78 is 38.2. The number of amides is 1. The van der Waals surface area contributed by atoms with Crippen molar-refractivity contribution >= 4 is 6.09 Å². The highest BCUT2D eigenvalue weighted by atomic mass is 19.1. The largest absolute Gasteiger partial charge is 0.472 e. The second kappa shape index (κ2) is 8.41. The van der Waals surface area contributed by atoms with Crippen LogP contribution in [0.15, 0.2) is 6.33 Å². The Morgan fingerprint density at radius 2 is 1.74 bits per heavy atom. The summed E-state index contributed by atoms with van der Waals surface area (Å²) in [5.41, 5.74) is -0.311. The molecule has 3 heterocycles. The van der Waals surface area contributed by atoms with E-state index < -0.39 is 5.82 Å². The van der Waals surface area contributed by atoms with Gasteiger partial charge in [0, 0.05) is 24.9 Å². The normalized spacial score (nSPS) is 29.9. The number of hydrogen-bond acceptors (Lipinski definition) is 7. The first-order valence-corrected chi connectivity index (χ1v) is 11.4. The molecule has 1 aromatic heterocycles. The molecule has 170 valence electrons. The van der Waals surface area contributed by atoms with Crippen molar-refractivity contribution in [2.75, 3.05) is 26.3 Å². The first kappa shape index (κ1) is 20.7. The van der Waals surface area contributed by atoms with E-state index in [4.69, 9.17) is 18.9 Å². The molecule has 2 aliphatic carbocycles. The maximum atomic E-state index is 15.1. The van der Waals surface area contributed by atoms with E-state index in [1.807, 2.05) is 6.92 Å². The molecule has 1 aromatic rings. The summed E-state index contributed by atoms with van der Waals surface area (Å²) in [6, 6.07) is 0. The highest BCUT2D eigenvalue weighted by Gasteiger charge is 2.47. The summed E-state index contributed by atoms with van der Waals surface area (Å²) >= 11 is 0. The summed E-state index contributed by atoms with van der Waals surface area (Å²) in [5.74, 6) is -0.954. The van der Waals surface area contributed by atoms with Crippen LogP contribution in [-0.2, 0) is 9.47 Å². The van der Waals surface area contributed by atoms with Gasteiger partial charge in [0.05, 0.1) is 13.2 Å². The van der Waals surface area contributed by atoms with Gasteiger partial charge < -0.3 is 23.8 Å². The average Bonchev–Trinajstić information content (AvgIpc) is 3.48. The van der Waals surface area contributed by atoms with Gasteiger partial charge in [-0.05, 0) is 45.4 Å². The lowest BCUT2D eigenvalue weighted by Crippen LogP contribution is -2.59. The Bertz CT molecular complexity index is 800. The van der Waals surface area contributed by atoms with Crippen LogP contribution in [0.3, 0.4) is 0 Å². The monoisotopic (exact) mass is 435 g/mol. The highest BCUT2D eigenvalue weighted by Crippen LogP contribution is 2.40. The number of piperidine rings is 1. The van der Waals surface area contributed by atoms with Gasteiger partial charge in [-0.2, -0.15) is 14.4 Å². The number of ether oxygens (including phenoxy) is 4. The molecule has 2 bridgehead atoms. The number of halogens is 1. The highest BCUT2D eigenvalue weighted by molar-refractivity contribution is 5.68. The number of fused-ring (bicyclic) bond motifs is 2. The Labute approximate surface area is 181 Å². The number of carbonyl (C=O) groups excluding carboxylic acids is 1. The molecule has 8 nitrogen and oxygen atoms in total. The Balaban J connectivity index is 1.25. The summed E-state index contributed by atoms with van der Waals surface area (Å²) in [7, 11) is 0. The molecule has 2 unspecified atom stereocenters. The molecule has 31 heavy (non-hydrogen) atoms. The second-order valence-electron chi connectivity index (χ2n) is 9.54. The van der Waals surface area contributed by atoms with E-state index >= 15 is 4.39 Å². The van der Waals surface area contributed by atoms with Gasteiger partial charge >= 0.3 is 6.09 Å². The van der Waals surface area contributed by atoms with Gasteiger partial charge in [0.1, 0.15) is 24.1 Å². The number of rotatable bonds is 5. The lowest BCUT2D eigenvalue weighted by Gasteiger charge is -2.46. The van der Waals surface area contributed by atoms with Crippen LogP contribution in [0.4, 0.5) is 9.18 Å². The first-order valence-electron chi connectivity index (χ1n) is 11.4. The smallest absolute Gasteiger partial charge is 0.410 e. The lowest BCUT2D eigenvalue weighted by molar-refractivity contribution is -0.112. The first-order chi connectivity index (χ1) is 15.0. The Kier molecular flexibility index (Phi) is 5.62. The molecule has 2 aliphatic heterocycles. The van der Waals surface area contributed by atoms with Crippen LogP contribution in [0.2, 0.25) is 0 Å². The minimum absolute atomic E-state index is 0.0126. The van der Waals surface area contributed by atoms with Crippen LogP contribution in [-0.4, -0.2) is 65.1 Å². The van der Waals surface area contributed by atoms with Gasteiger partial charge in [-0.15, -0.1) is 0 Å². The predicted octanol–water partition coefficient (Wildman–Crippen LogP) is 3.34. The maximum absolute atomic E-state index is 15.1. The number of carbonyl (C=O) groups is 1. The van der Waals surface area contributed by atoms with Crippen LogP contribution in [0, 0.1) is 17.7 Å². The van der Waals surface area contributed by atoms with Crippen molar-refractivity contribution in [2.24, 2.45) is 11.8 Å². The fraction of sp³-hybridized carbons (Fsp3) is 0.773. The van der Waals surface area contributed by atoms with Gasteiger partial charge in [0.2, 0.25) is 5.82 Å². The van der Waals surface area contributed by atoms with Crippen molar-refractivity contribution in [1.82, 2.24) is 14.9 Å². The summed E-state index contributed by atoms with van der Waals surface area (Å²) in [6.45, 7) is 3.75. The van der Waals surface area contributed by atoms with Crippen molar-refractivity contribution < 1.29 is 28.1 Å². The number of nitrogens with zero attached hydrogens (tertiary/aromatic N) is 3. The fourth-order valence-electron chi connectivity index (χ4n) is 4.77. The van der Waals surface area contributed by atoms with Gasteiger partial charge in [0.15, 0.2) is 0 Å². The molecule has 2 atom stereocenters. The summed E-state index contributed by atoms with van der Waals surface area (Å²) in [5, 5.41) is 0. The zero-order valence-electron chi connectivity index (χ0n) is 17.9. The molecule has 1 amide bonds. The predicted molar refractivity (Wildman–Crippen MR) is 107 cm³/mol. The molecule has 0 radical (unpaired) electrons. The van der Waals surface area contributed by atoms with Crippen molar-refractivity contribution in [1.29, 1.82) is 0 Å². The second-order valence-corrected chi connectivity index (χ2v) is 9.54. The van der Waals surface area contributed by atoms with Crippen LogP contribution in [0.5, 0.6) is 11.8 Å². The fourth-order valence-corrected chi connectivity index (χ4v) is 4.77. The lowest BCUT2D eigenvalue weighted by atomic mass is 9.84. The third-order valence-electron chi connectivity index (χ3n) is 6.85. The molecule has 2 saturated carbocycles. The van der Waals surface area contributed by atoms with Gasteiger partial charge in [-0.3, -0.25) is 0 Å². The van der Waals surface area contributed by atoms with Gasteiger partial charge in [-0.25, -0.2) is 4.79 Å². The molecule has 0 spiro atoms. The van der Waals surface area contributed by atoms with E-state index in [0.29, 0.717) is 26.3 Å². The van der Waals surface area contributed by atoms with E-state index in [1.54, 1.807) is 4.90 Å². The molecule has 4 aliphatic rings. The standard InChI is InChI=1S/C22H30FN3O5/c1-22(7-8-22)31-21(27)26-9-14-11-28-12-15(10-26)18(14)30-20-17(23)19(24-13-25-20)29-16-5-3-2-4-6-16/h13-16,18H,2-12H2,1H3. The van der Waals surface area contributed by atoms with Crippen molar-refractivity contribution in [2.45, 2.75) is 69.7 Å². The molecule has 0 aromatic carbocycles. The van der Waals surface area contributed by atoms with Crippen LogP contribution >= 0.6 is 0 Å². The number of aromatic nitrogens is 2. The van der Waals surface area contributed by atoms with Crippen LogP contribution in [0.1, 0.15) is 51.9 Å². The minimum Gasteiger partial charge on any atom is -0.472 e. The van der Waals surface area contributed by atoms with Crippen molar-refractivity contribution in [3.63, 3.8) is 0 Å². The molecule has 0 N–H and O–H groups in total. The number of likely N-dealkylation sites (tertiary alicyclic amines) is 1. The topological polar surface area (TPSA) is 83.0 Å². The van der Waals surface area contributed by atoms with E-state index in [2.05, 4.69) is 9.97 Å². The van der Waals surface area contributed by atoms with Gasteiger partial charge in [-0.1, -0.05) is 6.42 Å². The molecule has 4 fully saturated rings. The van der Waals surface area contributed by atoms with Gasteiger partial charge in [0.25, 0.3) is 11.8 Å². The van der Waals surface area contributed by atoms with Crippen LogP contribution < -0.4 is 9.47 Å². The zero-order valence-corrected chi connectivity index (χ0v) is 17.9. The minimum atomic E-state index is -0.657. The van der Waals surface area contributed by atoms with Crippen molar-refractivity contribution in [3.8, 4) is 11.8 Å². The third-order valence-corrected chi connectivity index (χ3v) is 6.85. The quantitative estimate of drug-likeness (QED) is 0.701. The summed E-state index contributed by atoms with van der Waals surface area (Å²) in [4.78, 5) is 22.3. The Morgan fingerprint density at radius 1 is 1.10 bits per heavy atom. The SMILES string of the molecule is CC1(OC(=O)N2CC3COCC(C2)C3Oc2ncnc(OC3CCCCC3)c2F)CC1. The maximum Gasteiger partial charge on any atom is 0.410 e. The van der Waals surface area contributed by atoms with E-state index in [0.717, 1.165) is 38.5 Å². The zero-order chi connectivity index (χ0) is 21.4. The third kappa shape index (κ3) is 4.56. The molecule has 2 saturated heterocycles. The van der Waals surface area contributed by atoms with E-state index in [9.17, 15) is 4.79 Å². The Morgan fingerprint density at radius 3 is 2.39 bits per heavy atom. The number of hydrogen-bond donors (Lipinski definition) is 0. The Hall–Kier alpha value is -2.16. The molecule has 9 heteroatoms. The van der Waals surface area contributed by atoms with E-state index in [1.165, 1.54) is 12.7 Å². The van der Waals surface area contributed by atoms with Crippen LogP contribution in [0.25, 0.3) is 0 Å².